The van der Waals surface area contributed by atoms with Gasteiger partial charge < -0.3 is 4.74 Å². The molecule has 9 heteroatoms. The van der Waals surface area contributed by atoms with Gasteiger partial charge in [-0.25, -0.2) is 14.8 Å². The number of hydrazone groups is 2. The molecule has 0 bridgehead atoms. The lowest BCUT2D eigenvalue weighted by Gasteiger charge is -2.43. The van der Waals surface area contributed by atoms with Gasteiger partial charge in [-0.15, -0.1) is 5.10 Å². The monoisotopic (exact) mass is 461 g/mol. The number of aryl methyl sites for hydroxylation is 2. The number of carbonyl (C=O) groups is 3. The fourth-order valence-corrected chi connectivity index (χ4v) is 4.01. The second-order valence-electron chi connectivity index (χ2n) is 8.29. The van der Waals surface area contributed by atoms with Crippen LogP contribution in [-0.2, 0) is 19.1 Å². The average molecular weight is 462 g/mol. The molecule has 0 aliphatic carbocycles. The van der Waals surface area contributed by atoms with Crippen LogP contribution in [0.25, 0.3) is 0 Å². The average Bonchev–Trinajstić information content (AvgIpc) is 3.20. The summed E-state index contributed by atoms with van der Waals surface area (Å²) in [5, 5.41) is 12.2. The Bertz CT molecular complexity index is 1190. The zero-order chi connectivity index (χ0) is 24.6. The van der Waals surface area contributed by atoms with Crippen LogP contribution in [0.5, 0.6) is 0 Å². The molecule has 0 fully saturated rings. The predicted molar refractivity (Wildman–Crippen MR) is 130 cm³/mol. The van der Waals surface area contributed by atoms with Gasteiger partial charge in [0.25, 0.3) is 0 Å². The molecule has 34 heavy (non-hydrogen) atoms. The van der Waals surface area contributed by atoms with Crippen LogP contribution in [0.2, 0.25) is 0 Å². The number of carbonyl (C=O) groups excluding carboxylic acids is 3. The zero-order valence-corrected chi connectivity index (χ0v) is 19.8. The molecule has 2 aliphatic rings. The topological polar surface area (TPSA) is 94.9 Å². The van der Waals surface area contributed by atoms with E-state index in [2.05, 4.69) is 10.2 Å². The molecule has 2 unspecified atom stereocenters. The summed E-state index contributed by atoms with van der Waals surface area (Å²) >= 11 is 0. The van der Waals surface area contributed by atoms with Crippen molar-refractivity contribution in [3.05, 3.63) is 59.7 Å². The first-order valence-corrected chi connectivity index (χ1v) is 11.1. The number of fused-ring (bicyclic) bond motifs is 1. The van der Waals surface area contributed by atoms with Crippen LogP contribution in [0, 0.1) is 13.8 Å². The number of rotatable bonds is 6. The van der Waals surface area contributed by atoms with E-state index in [0.29, 0.717) is 11.4 Å². The van der Waals surface area contributed by atoms with Gasteiger partial charge in [0.05, 0.1) is 18.0 Å². The van der Waals surface area contributed by atoms with Crippen molar-refractivity contribution in [3.63, 3.8) is 0 Å². The normalized spacial score (nSPS) is 19.4. The Morgan fingerprint density at radius 1 is 0.824 bits per heavy atom. The number of amidine groups is 1. The van der Waals surface area contributed by atoms with Gasteiger partial charge in [-0.1, -0.05) is 35.4 Å². The Morgan fingerprint density at radius 2 is 1.35 bits per heavy atom. The van der Waals surface area contributed by atoms with Crippen molar-refractivity contribution in [2.75, 3.05) is 16.6 Å². The highest BCUT2D eigenvalue weighted by Crippen LogP contribution is 2.35. The number of ether oxygens (including phenoxy) is 1. The number of anilines is 2. The summed E-state index contributed by atoms with van der Waals surface area (Å²) < 4.78 is 5.38. The van der Waals surface area contributed by atoms with Gasteiger partial charge in [0.1, 0.15) is 5.71 Å². The van der Waals surface area contributed by atoms with Gasteiger partial charge in [-0.3, -0.25) is 14.5 Å². The highest BCUT2D eigenvalue weighted by Gasteiger charge is 2.53. The van der Waals surface area contributed by atoms with E-state index in [1.165, 1.54) is 23.8 Å². The molecule has 2 aromatic carbocycles. The summed E-state index contributed by atoms with van der Waals surface area (Å²) in [6, 6.07) is 14.9. The highest BCUT2D eigenvalue weighted by molar-refractivity contribution is 6.45. The van der Waals surface area contributed by atoms with Gasteiger partial charge >= 0.3 is 5.97 Å². The minimum atomic E-state index is -1.13. The standard InChI is InChI=1S/C25H27N5O4/c1-6-34-25(33)24-28-22(18(5)32)27-29(19-11-7-15(2)8-12-19)23(28)21(17(4)31)26-30(24)20-13-9-16(3)10-14-20/h7-14,23-24H,6H2,1-5H3. The van der Waals surface area contributed by atoms with Gasteiger partial charge in [0.15, 0.2) is 23.6 Å². The van der Waals surface area contributed by atoms with Crippen molar-refractivity contribution in [2.45, 2.75) is 47.0 Å². The van der Waals surface area contributed by atoms with E-state index in [1.54, 1.807) is 11.9 Å². The van der Waals surface area contributed by atoms with E-state index in [-0.39, 0.29) is 29.7 Å². The largest absolute Gasteiger partial charge is 0.463 e. The summed E-state index contributed by atoms with van der Waals surface area (Å²) in [5.41, 5.74) is 3.48. The number of ketones is 2. The molecule has 0 aromatic heterocycles. The fraction of sp³-hybridized carbons (Fsp3) is 0.320. The molecule has 2 aliphatic heterocycles. The maximum absolute atomic E-state index is 13.3. The predicted octanol–water partition coefficient (Wildman–Crippen LogP) is 3.01. The maximum atomic E-state index is 13.3. The van der Waals surface area contributed by atoms with E-state index in [1.807, 2.05) is 62.4 Å². The number of hydrogen-bond acceptors (Lipinski definition) is 9. The number of esters is 1. The molecule has 0 N–H and O–H groups in total. The number of Topliss-reactive ketones (excluding diaryl/α,β-unsaturated/α-hetero) is 2. The summed E-state index contributed by atoms with van der Waals surface area (Å²) in [6.07, 6.45) is -2.01. The Morgan fingerprint density at radius 3 is 1.82 bits per heavy atom. The molecule has 2 heterocycles. The highest BCUT2D eigenvalue weighted by atomic mass is 16.5. The van der Waals surface area contributed by atoms with E-state index in [4.69, 9.17) is 4.74 Å². The third-order valence-electron chi connectivity index (χ3n) is 5.67. The molecule has 0 spiro atoms. The number of nitrogens with zero attached hydrogens (tertiary/aromatic N) is 5. The van der Waals surface area contributed by atoms with Gasteiger partial charge in [-0.05, 0) is 45.0 Å². The molecule has 2 atom stereocenters. The minimum absolute atomic E-state index is 0.0504. The fourth-order valence-electron chi connectivity index (χ4n) is 4.01. The molecule has 2 aromatic rings. The lowest BCUT2D eigenvalue weighted by molar-refractivity contribution is -0.148. The summed E-state index contributed by atoms with van der Waals surface area (Å²) in [4.78, 5) is 40.4. The van der Waals surface area contributed by atoms with Crippen LogP contribution < -0.4 is 10.0 Å². The van der Waals surface area contributed by atoms with Crippen LogP contribution in [0.4, 0.5) is 11.4 Å². The van der Waals surface area contributed by atoms with Crippen LogP contribution in [0.3, 0.4) is 0 Å². The molecule has 176 valence electrons. The molecule has 9 nitrogen and oxygen atoms in total. The molecule has 0 saturated heterocycles. The molecule has 0 amide bonds. The lowest BCUT2D eigenvalue weighted by atomic mass is 10.1. The number of benzene rings is 2. The molecule has 0 saturated carbocycles. The first-order chi connectivity index (χ1) is 16.2. The Balaban J connectivity index is 1.94. The first-order valence-electron chi connectivity index (χ1n) is 11.1. The third kappa shape index (κ3) is 4.05. The smallest absolute Gasteiger partial charge is 0.351 e. The molecule has 4 rings (SSSR count). The van der Waals surface area contributed by atoms with Crippen LogP contribution in [0.15, 0.2) is 58.7 Å². The maximum Gasteiger partial charge on any atom is 0.351 e. The SMILES string of the molecule is CCOC(=O)C1N(c2ccc(C)cc2)N=C(C(C)=O)C2N(c3ccc(C)cc3)N=C(C(C)=O)N12. The minimum Gasteiger partial charge on any atom is -0.463 e. The van der Waals surface area contributed by atoms with Crippen molar-refractivity contribution in [1.82, 2.24) is 4.90 Å². The molecule has 0 radical (unpaired) electrons. The van der Waals surface area contributed by atoms with Crippen molar-refractivity contribution in [2.24, 2.45) is 10.2 Å². The van der Waals surface area contributed by atoms with Gasteiger partial charge in [0.2, 0.25) is 6.17 Å². The Hall–Kier alpha value is -4.01. The van der Waals surface area contributed by atoms with Crippen LogP contribution in [-0.4, -0.2) is 52.9 Å². The summed E-state index contributed by atoms with van der Waals surface area (Å²) in [6.45, 7) is 8.56. The van der Waals surface area contributed by atoms with Crippen molar-refractivity contribution in [3.8, 4) is 0 Å². The third-order valence-corrected chi connectivity index (χ3v) is 5.67. The second kappa shape index (κ2) is 9.09. The van der Waals surface area contributed by atoms with E-state index < -0.39 is 18.3 Å². The summed E-state index contributed by atoms with van der Waals surface area (Å²) in [5.74, 6) is -1.19. The quantitative estimate of drug-likeness (QED) is 0.610. The van der Waals surface area contributed by atoms with Crippen LogP contribution >= 0.6 is 0 Å². The zero-order valence-electron chi connectivity index (χ0n) is 19.8. The summed E-state index contributed by atoms with van der Waals surface area (Å²) in [7, 11) is 0. The number of hydrogen-bond donors (Lipinski definition) is 0. The van der Waals surface area contributed by atoms with E-state index >= 15 is 0 Å². The van der Waals surface area contributed by atoms with Crippen molar-refractivity contribution >= 4 is 40.5 Å². The Kier molecular flexibility index (Phi) is 6.19. The van der Waals surface area contributed by atoms with E-state index in [0.717, 1.165) is 11.1 Å². The van der Waals surface area contributed by atoms with Gasteiger partial charge in [-0.2, -0.15) is 5.10 Å². The van der Waals surface area contributed by atoms with E-state index in [9.17, 15) is 14.4 Å². The molecular formula is C25H27N5O4. The van der Waals surface area contributed by atoms with Crippen molar-refractivity contribution < 1.29 is 19.1 Å². The van der Waals surface area contributed by atoms with Crippen LogP contribution in [0.1, 0.15) is 31.9 Å². The van der Waals surface area contributed by atoms with Crippen molar-refractivity contribution in [1.29, 1.82) is 0 Å². The lowest BCUT2D eigenvalue weighted by Crippen LogP contribution is -2.66. The molecular weight excluding hydrogens is 434 g/mol. The van der Waals surface area contributed by atoms with Gasteiger partial charge in [0, 0.05) is 13.8 Å². The first kappa shape index (κ1) is 23.2. The second-order valence-corrected chi connectivity index (χ2v) is 8.29. The Labute approximate surface area is 198 Å².